The van der Waals surface area contributed by atoms with E-state index in [0.717, 1.165) is 71.6 Å². The molecule has 1 saturated carbocycles. The van der Waals surface area contributed by atoms with E-state index in [0.29, 0.717) is 36.3 Å². The Balaban J connectivity index is 1.54. The van der Waals surface area contributed by atoms with E-state index < -0.39 is 0 Å². The van der Waals surface area contributed by atoms with Gasteiger partial charge in [0.2, 0.25) is 0 Å². The minimum atomic E-state index is 0.108. The average Bonchev–Trinajstić information content (AvgIpc) is 3.44. The van der Waals surface area contributed by atoms with Gasteiger partial charge in [0.15, 0.2) is 0 Å². The molecule has 0 bridgehead atoms. The number of epoxide rings is 4. The molecule has 26 heavy (non-hydrogen) atoms. The molecule has 0 amide bonds. The van der Waals surface area contributed by atoms with E-state index in [9.17, 15) is 0 Å². The van der Waals surface area contributed by atoms with Gasteiger partial charge in [-0.25, -0.2) is 0 Å². The van der Waals surface area contributed by atoms with Crippen molar-refractivity contribution >= 4 is 0 Å². The maximum Gasteiger partial charge on any atom is 0.0815 e. The maximum atomic E-state index is 6.58. The molecular formula is C20H34N2O4. The molecule has 6 nitrogen and oxygen atoms in total. The minimum Gasteiger partial charge on any atom is -0.373 e. The number of hydrogen-bond acceptors (Lipinski definition) is 6. The minimum absolute atomic E-state index is 0.108. The zero-order chi connectivity index (χ0) is 17.8. The highest BCUT2D eigenvalue weighted by atomic mass is 16.6. The van der Waals surface area contributed by atoms with Crippen molar-refractivity contribution in [2.45, 2.75) is 62.9 Å². The van der Waals surface area contributed by atoms with Gasteiger partial charge in [0, 0.05) is 0 Å². The molecule has 0 radical (unpaired) electrons. The van der Waals surface area contributed by atoms with E-state index >= 15 is 0 Å². The smallest absolute Gasteiger partial charge is 0.0815 e. The molecule has 7 atom stereocenters. The second kappa shape index (κ2) is 6.68. The molecule has 7 unspecified atom stereocenters. The van der Waals surface area contributed by atoms with Crippen LogP contribution in [-0.4, -0.2) is 63.9 Å². The molecular weight excluding hydrogens is 332 g/mol. The molecule has 5 rings (SSSR count). The zero-order valence-corrected chi connectivity index (χ0v) is 15.7. The van der Waals surface area contributed by atoms with Crippen LogP contribution in [0.25, 0.3) is 0 Å². The Kier molecular flexibility index (Phi) is 4.58. The summed E-state index contributed by atoms with van der Waals surface area (Å²) >= 11 is 0. The van der Waals surface area contributed by atoms with Crippen LogP contribution in [0.4, 0.5) is 0 Å². The fraction of sp³-hybridized carbons (Fsp3) is 1.00. The van der Waals surface area contributed by atoms with Crippen LogP contribution in [0.15, 0.2) is 0 Å². The lowest BCUT2D eigenvalue weighted by atomic mass is 9.44. The Bertz CT molecular complexity index is 502. The Labute approximate surface area is 156 Å². The SMILES string of the molecule is NCC1CCC(CN)(CC2CO2)C(CC2CO2)(CC2CO2)C1CC1CO1. The summed E-state index contributed by atoms with van der Waals surface area (Å²) < 4.78 is 22.9. The topological polar surface area (TPSA) is 102 Å². The molecule has 5 aliphatic rings. The molecule has 4 N–H and O–H groups in total. The Morgan fingerprint density at radius 3 is 1.77 bits per heavy atom. The van der Waals surface area contributed by atoms with Crippen molar-refractivity contribution in [2.24, 2.45) is 34.1 Å². The number of ether oxygens (including phenoxy) is 4. The summed E-state index contributed by atoms with van der Waals surface area (Å²) in [6.07, 6.45) is 8.33. The third-order valence-corrected chi connectivity index (χ3v) is 7.95. The first kappa shape index (κ1) is 17.8. The van der Waals surface area contributed by atoms with Crippen LogP contribution >= 0.6 is 0 Å². The van der Waals surface area contributed by atoms with Crippen LogP contribution in [0, 0.1) is 22.7 Å². The van der Waals surface area contributed by atoms with Gasteiger partial charge in [0.25, 0.3) is 0 Å². The summed E-state index contributed by atoms with van der Waals surface area (Å²) in [7, 11) is 0. The summed E-state index contributed by atoms with van der Waals surface area (Å²) in [4.78, 5) is 0. The second-order valence-corrected chi connectivity index (χ2v) is 9.45. The maximum absolute atomic E-state index is 6.58. The highest BCUT2D eigenvalue weighted by Gasteiger charge is 2.63. The standard InChI is InChI=1S/C20H34N2O4/c21-7-13-1-2-19(12-22,4-15-9-24-15)20(5-16-10-25-16,6-17-11-26-17)18(13)3-14-8-23-14/h13-18H,1-12,21-22H2. The number of nitrogens with two attached hydrogens (primary N) is 2. The molecule has 1 aliphatic carbocycles. The van der Waals surface area contributed by atoms with E-state index in [1.54, 1.807) is 0 Å². The van der Waals surface area contributed by atoms with E-state index in [1.165, 1.54) is 6.42 Å². The van der Waals surface area contributed by atoms with Crippen molar-refractivity contribution < 1.29 is 18.9 Å². The van der Waals surface area contributed by atoms with E-state index in [1.807, 2.05) is 0 Å². The fourth-order valence-corrected chi connectivity index (χ4v) is 6.26. The van der Waals surface area contributed by atoms with Crippen LogP contribution < -0.4 is 11.5 Å². The third-order valence-electron chi connectivity index (χ3n) is 7.95. The van der Waals surface area contributed by atoms with Gasteiger partial charge in [-0.15, -0.1) is 0 Å². The van der Waals surface area contributed by atoms with Crippen molar-refractivity contribution in [1.29, 1.82) is 0 Å². The molecule has 0 spiro atoms. The van der Waals surface area contributed by atoms with Gasteiger partial charge >= 0.3 is 0 Å². The van der Waals surface area contributed by atoms with Crippen molar-refractivity contribution in [3.05, 3.63) is 0 Å². The predicted octanol–water partition coefficient (Wildman–Crippen LogP) is 1.06. The molecule has 0 aromatic rings. The highest BCUT2D eigenvalue weighted by Crippen LogP contribution is 2.65. The lowest BCUT2D eigenvalue weighted by Gasteiger charge is -2.60. The van der Waals surface area contributed by atoms with Crippen LogP contribution in [0.3, 0.4) is 0 Å². The lowest BCUT2D eigenvalue weighted by Crippen LogP contribution is -2.59. The van der Waals surface area contributed by atoms with E-state index in [2.05, 4.69) is 0 Å². The van der Waals surface area contributed by atoms with Gasteiger partial charge in [-0.05, 0) is 74.3 Å². The van der Waals surface area contributed by atoms with Gasteiger partial charge in [0.1, 0.15) is 0 Å². The largest absolute Gasteiger partial charge is 0.373 e. The molecule has 148 valence electrons. The van der Waals surface area contributed by atoms with Crippen LogP contribution in [-0.2, 0) is 18.9 Å². The van der Waals surface area contributed by atoms with Gasteiger partial charge in [-0.2, -0.15) is 0 Å². The fourth-order valence-electron chi connectivity index (χ4n) is 6.26. The lowest BCUT2D eigenvalue weighted by molar-refractivity contribution is -0.119. The molecule has 4 aliphatic heterocycles. The monoisotopic (exact) mass is 366 g/mol. The summed E-state index contributed by atoms with van der Waals surface area (Å²) in [5.41, 5.74) is 13.1. The summed E-state index contributed by atoms with van der Waals surface area (Å²) in [5, 5.41) is 0. The van der Waals surface area contributed by atoms with Gasteiger partial charge in [0.05, 0.1) is 50.8 Å². The predicted molar refractivity (Wildman–Crippen MR) is 96.6 cm³/mol. The first-order valence-corrected chi connectivity index (χ1v) is 10.5. The van der Waals surface area contributed by atoms with Crippen molar-refractivity contribution in [3.8, 4) is 0 Å². The second-order valence-electron chi connectivity index (χ2n) is 9.45. The molecule has 4 heterocycles. The molecule has 4 saturated heterocycles. The van der Waals surface area contributed by atoms with Crippen LogP contribution in [0.5, 0.6) is 0 Å². The normalized spacial score (nSPS) is 51.9. The summed E-state index contributed by atoms with van der Waals surface area (Å²) in [5.74, 6) is 1.10. The first-order chi connectivity index (χ1) is 12.7. The number of hydrogen-bond donors (Lipinski definition) is 2. The van der Waals surface area contributed by atoms with Crippen molar-refractivity contribution in [2.75, 3.05) is 39.5 Å². The van der Waals surface area contributed by atoms with E-state index in [-0.39, 0.29) is 10.8 Å². The highest BCUT2D eigenvalue weighted by molar-refractivity contribution is 5.12. The van der Waals surface area contributed by atoms with Crippen LogP contribution in [0.1, 0.15) is 38.5 Å². The van der Waals surface area contributed by atoms with Gasteiger partial charge in [-0.3, -0.25) is 0 Å². The molecule has 0 aromatic heterocycles. The molecule has 0 aromatic carbocycles. The van der Waals surface area contributed by atoms with Crippen LogP contribution in [0.2, 0.25) is 0 Å². The van der Waals surface area contributed by atoms with Crippen molar-refractivity contribution in [1.82, 2.24) is 0 Å². The third kappa shape index (κ3) is 3.33. The van der Waals surface area contributed by atoms with Gasteiger partial charge < -0.3 is 30.4 Å². The van der Waals surface area contributed by atoms with Gasteiger partial charge in [-0.1, -0.05) is 0 Å². The first-order valence-electron chi connectivity index (χ1n) is 10.5. The zero-order valence-electron chi connectivity index (χ0n) is 15.7. The molecule has 6 heteroatoms. The Hall–Kier alpha value is -0.240. The average molecular weight is 367 g/mol. The molecule has 5 fully saturated rings. The Morgan fingerprint density at radius 2 is 1.31 bits per heavy atom. The number of rotatable bonds is 10. The quantitative estimate of drug-likeness (QED) is 0.561. The van der Waals surface area contributed by atoms with Crippen molar-refractivity contribution in [3.63, 3.8) is 0 Å². The summed E-state index contributed by atoms with van der Waals surface area (Å²) in [6, 6.07) is 0. The Morgan fingerprint density at radius 1 is 0.769 bits per heavy atom. The summed E-state index contributed by atoms with van der Waals surface area (Å²) in [6.45, 7) is 5.09. The van der Waals surface area contributed by atoms with E-state index in [4.69, 9.17) is 30.4 Å².